The lowest BCUT2D eigenvalue weighted by Gasteiger charge is -2.24. The summed E-state index contributed by atoms with van der Waals surface area (Å²) in [5, 5.41) is 3.14. The van der Waals surface area contributed by atoms with E-state index in [1.165, 1.54) is 0 Å². The quantitative estimate of drug-likeness (QED) is 0.754. The third-order valence-corrected chi connectivity index (χ3v) is 3.70. The van der Waals surface area contributed by atoms with E-state index in [2.05, 4.69) is 19.2 Å². The van der Waals surface area contributed by atoms with Crippen molar-refractivity contribution in [1.82, 2.24) is 5.32 Å². The highest BCUT2D eigenvalue weighted by Gasteiger charge is 2.22. The van der Waals surface area contributed by atoms with E-state index in [0.29, 0.717) is 11.8 Å². The molecule has 2 unspecified atom stereocenters. The SMILES string of the molecule is CCC(C(=O)NC(CCCl)C(C)C)c1ccccc1. The van der Waals surface area contributed by atoms with Gasteiger partial charge < -0.3 is 5.32 Å². The fourth-order valence-electron chi connectivity index (χ4n) is 2.23. The topological polar surface area (TPSA) is 29.1 Å². The van der Waals surface area contributed by atoms with Gasteiger partial charge in [0.2, 0.25) is 5.91 Å². The third kappa shape index (κ3) is 4.87. The second kappa shape index (κ2) is 8.21. The summed E-state index contributed by atoms with van der Waals surface area (Å²) < 4.78 is 0. The Morgan fingerprint density at radius 1 is 1.26 bits per heavy atom. The average molecular weight is 282 g/mol. The number of benzene rings is 1. The lowest BCUT2D eigenvalue weighted by Crippen LogP contribution is -2.41. The molecule has 0 radical (unpaired) electrons. The summed E-state index contributed by atoms with van der Waals surface area (Å²) in [5.74, 6) is 1.01. The van der Waals surface area contributed by atoms with E-state index in [4.69, 9.17) is 11.6 Å². The van der Waals surface area contributed by atoms with Crippen molar-refractivity contribution in [3.8, 4) is 0 Å². The van der Waals surface area contributed by atoms with E-state index >= 15 is 0 Å². The summed E-state index contributed by atoms with van der Waals surface area (Å²) in [6, 6.07) is 10.1. The predicted molar refractivity (Wildman–Crippen MR) is 81.6 cm³/mol. The van der Waals surface area contributed by atoms with Crippen molar-refractivity contribution in [1.29, 1.82) is 0 Å². The van der Waals surface area contributed by atoms with Gasteiger partial charge in [-0.3, -0.25) is 4.79 Å². The molecule has 1 rings (SSSR count). The van der Waals surface area contributed by atoms with Crippen LogP contribution in [0.5, 0.6) is 0 Å². The van der Waals surface area contributed by atoms with Crippen molar-refractivity contribution in [2.45, 2.75) is 45.6 Å². The molecule has 1 N–H and O–H groups in total. The van der Waals surface area contributed by atoms with Crippen LogP contribution in [0.2, 0.25) is 0 Å². The first-order valence-corrected chi connectivity index (χ1v) is 7.54. The molecule has 0 fully saturated rings. The zero-order valence-electron chi connectivity index (χ0n) is 12.0. The molecule has 2 atom stereocenters. The van der Waals surface area contributed by atoms with Crippen LogP contribution in [0.4, 0.5) is 0 Å². The molecule has 0 saturated heterocycles. The van der Waals surface area contributed by atoms with Crippen molar-refractivity contribution in [3.05, 3.63) is 35.9 Å². The summed E-state index contributed by atoms with van der Waals surface area (Å²) >= 11 is 5.80. The molecule has 0 aliphatic rings. The van der Waals surface area contributed by atoms with Gasteiger partial charge in [0.05, 0.1) is 5.92 Å². The molecule has 0 aliphatic carbocycles. The van der Waals surface area contributed by atoms with Crippen LogP contribution in [0.3, 0.4) is 0 Å². The van der Waals surface area contributed by atoms with Gasteiger partial charge in [-0.25, -0.2) is 0 Å². The van der Waals surface area contributed by atoms with Gasteiger partial charge in [-0.2, -0.15) is 0 Å². The Hall–Kier alpha value is -1.02. The van der Waals surface area contributed by atoms with Crippen LogP contribution in [-0.4, -0.2) is 17.8 Å². The predicted octanol–water partition coefficient (Wildman–Crippen LogP) is 3.95. The first-order valence-electron chi connectivity index (χ1n) is 7.01. The normalized spacial score (nSPS) is 14.2. The Balaban J connectivity index is 2.74. The van der Waals surface area contributed by atoms with Crippen LogP contribution in [-0.2, 0) is 4.79 Å². The minimum Gasteiger partial charge on any atom is -0.353 e. The van der Waals surface area contributed by atoms with Crippen molar-refractivity contribution < 1.29 is 4.79 Å². The fraction of sp³-hybridized carbons (Fsp3) is 0.562. The number of alkyl halides is 1. The van der Waals surface area contributed by atoms with Crippen LogP contribution < -0.4 is 5.32 Å². The van der Waals surface area contributed by atoms with Gasteiger partial charge in [0.25, 0.3) is 0 Å². The summed E-state index contributed by atoms with van der Waals surface area (Å²) in [6.07, 6.45) is 1.62. The van der Waals surface area contributed by atoms with Gasteiger partial charge >= 0.3 is 0 Å². The second-order valence-corrected chi connectivity index (χ2v) is 5.59. The first-order chi connectivity index (χ1) is 9.10. The highest BCUT2D eigenvalue weighted by Crippen LogP contribution is 2.20. The molecule has 0 heterocycles. The molecule has 0 spiro atoms. The molecule has 2 nitrogen and oxygen atoms in total. The standard InChI is InChI=1S/C16H24ClNO/c1-4-14(13-8-6-5-7-9-13)16(19)18-15(10-11-17)12(2)3/h5-9,12,14-15H,4,10-11H2,1-3H3,(H,18,19). The Kier molecular flexibility index (Phi) is 6.93. The number of rotatable bonds is 7. The van der Waals surface area contributed by atoms with Crippen LogP contribution >= 0.6 is 11.6 Å². The molecular weight excluding hydrogens is 258 g/mol. The molecule has 0 saturated carbocycles. The third-order valence-electron chi connectivity index (χ3n) is 3.48. The minimum absolute atomic E-state index is 0.0715. The summed E-state index contributed by atoms with van der Waals surface area (Å²) in [6.45, 7) is 6.27. The molecule has 1 aromatic rings. The number of hydrogen-bond acceptors (Lipinski definition) is 1. The van der Waals surface area contributed by atoms with Gasteiger partial charge in [-0.05, 0) is 24.3 Å². The lowest BCUT2D eigenvalue weighted by atomic mass is 9.94. The summed E-state index contributed by atoms with van der Waals surface area (Å²) in [4.78, 5) is 12.4. The zero-order chi connectivity index (χ0) is 14.3. The van der Waals surface area contributed by atoms with Gasteiger partial charge in [0.15, 0.2) is 0 Å². The highest BCUT2D eigenvalue weighted by atomic mass is 35.5. The lowest BCUT2D eigenvalue weighted by molar-refractivity contribution is -0.123. The highest BCUT2D eigenvalue weighted by molar-refractivity contribution is 6.17. The maximum Gasteiger partial charge on any atom is 0.227 e. The Morgan fingerprint density at radius 2 is 1.89 bits per heavy atom. The van der Waals surface area contributed by atoms with E-state index in [1.54, 1.807) is 0 Å². The van der Waals surface area contributed by atoms with E-state index < -0.39 is 0 Å². The van der Waals surface area contributed by atoms with E-state index in [9.17, 15) is 4.79 Å². The second-order valence-electron chi connectivity index (χ2n) is 5.21. The van der Waals surface area contributed by atoms with E-state index in [0.717, 1.165) is 18.4 Å². The van der Waals surface area contributed by atoms with Gasteiger partial charge in [-0.1, -0.05) is 51.1 Å². The first kappa shape index (κ1) is 16.0. The van der Waals surface area contributed by atoms with Crippen LogP contribution in [0, 0.1) is 5.92 Å². The van der Waals surface area contributed by atoms with Crippen molar-refractivity contribution >= 4 is 17.5 Å². The molecule has 0 bridgehead atoms. The molecule has 1 amide bonds. The van der Waals surface area contributed by atoms with E-state index in [1.807, 2.05) is 37.3 Å². The van der Waals surface area contributed by atoms with Crippen molar-refractivity contribution in [3.63, 3.8) is 0 Å². The molecule has 106 valence electrons. The van der Waals surface area contributed by atoms with Gasteiger partial charge in [0, 0.05) is 11.9 Å². The zero-order valence-corrected chi connectivity index (χ0v) is 12.8. The fourth-order valence-corrected chi connectivity index (χ4v) is 2.47. The Labute approximate surface area is 121 Å². The largest absolute Gasteiger partial charge is 0.353 e. The van der Waals surface area contributed by atoms with Crippen LogP contribution in [0.15, 0.2) is 30.3 Å². The minimum atomic E-state index is -0.0715. The molecule has 3 heteroatoms. The van der Waals surface area contributed by atoms with E-state index in [-0.39, 0.29) is 17.9 Å². The summed E-state index contributed by atoms with van der Waals surface area (Å²) in [5.41, 5.74) is 1.08. The molecular formula is C16H24ClNO. The number of nitrogens with one attached hydrogen (secondary N) is 1. The monoisotopic (exact) mass is 281 g/mol. The molecule has 0 aliphatic heterocycles. The van der Waals surface area contributed by atoms with Gasteiger partial charge in [0.1, 0.15) is 0 Å². The van der Waals surface area contributed by atoms with Crippen molar-refractivity contribution in [2.24, 2.45) is 5.92 Å². The Morgan fingerprint density at radius 3 is 2.37 bits per heavy atom. The number of hydrogen-bond donors (Lipinski definition) is 1. The van der Waals surface area contributed by atoms with Crippen LogP contribution in [0.25, 0.3) is 0 Å². The van der Waals surface area contributed by atoms with Crippen LogP contribution in [0.1, 0.15) is 45.1 Å². The summed E-state index contributed by atoms with van der Waals surface area (Å²) in [7, 11) is 0. The number of carbonyl (C=O) groups excluding carboxylic acids is 1. The molecule has 1 aromatic carbocycles. The molecule has 0 aromatic heterocycles. The van der Waals surface area contributed by atoms with Crippen molar-refractivity contribution in [2.75, 3.05) is 5.88 Å². The number of carbonyl (C=O) groups is 1. The number of amides is 1. The molecule has 19 heavy (non-hydrogen) atoms. The number of halogens is 1. The smallest absolute Gasteiger partial charge is 0.227 e. The average Bonchev–Trinajstić information content (AvgIpc) is 2.40. The van der Waals surface area contributed by atoms with Gasteiger partial charge in [-0.15, -0.1) is 11.6 Å². The maximum absolute atomic E-state index is 12.4. The maximum atomic E-state index is 12.4. The Bertz CT molecular complexity index is 378.